The molecule has 184 valence electrons. The summed E-state index contributed by atoms with van der Waals surface area (Å²) in [6, 6.07) is 4.34. The van der Waals surface area contributed by atoms with E-state index < -0.39 is 42.1 Å². The molecule has 1 atom stereocenters. The van der Waals surface area contributed by atoms with Gasteiger partial charge in [0.25, 0.3) is 5.91 Å². The van der Waals surface area contributed by atoms with Crippen molar-refractivity contribution in [3.05, 3.63) is 77.6 Å². The highest BCUT2D eigenvalue weighted by Crippen LogP contribution is 2.44. The van der Waals surface area contributed by atoms with Crippen LogP contribution < -0.4 is 5.48 Å². The van der Waals surface area contributed by atoms with Crippen LogP contribution in [0.5, 0.6) is 0 Å². The quantitative estimate of drug-likeness (QED) is 0.374. The van der Waals surface area contributed by atoms with Gasteiger partial charge in [-0.05, 0) is 42.7 Å². The molecule has 11 heteroatoms. The number of hydrogen-bond donors (Lipinski definition) is 2. The molecule has 0 bridgehead atoms. The number of hydrogen-bond acceptors (Lipinski definition) is 6. The highest BCUT2D eigenvalue weighted by atomic mass is 19.3. The number of nitrogens with zero attached hydrogens (tertiary/aromatic N) is 3. The van der Waals surface area contributed by atoms with Gasteiger partial charge in [-0.15, -0.1) is 0 Å². The Balaban J connectivity index is 1.74. The maximum Gasteiger partial charge on any atom is 0.277 e. The summed E-state index contributed by atoms with van der Waals surface area (Å²) in [4.78, 5) is 29.7. The molecule has 1 amide bonds. The monoisotopic (exact) mass is 490 g/mol. The van der Waals surface area contributed by atoms with Gasteiger partial charge in [0, 0.05) is 48.5 Å². The van der Waals surface area contributed by atoms with Gasteiger partial charge in [0.05, 0.1) is 17.9 Å². The van der Waals surface area contributed by atoms with Crippen LogP contribution >= 0.6 is 0 Å². The van der Waals surface area contributed by atoms with Crippen molar-refractivity contribution >= 4 is 5.91 Å². The van der Waals surface area contributed by atoms with Gasteiger partial charge in [0.15, 0.2) is 0 Å². The molecule has 2 heterocycles. The normalized spacial score (nSPS) is 16.6. The Morgan fingerprint density at radius 3 is 2.54 bits per heavy atom. The third-order valence-electron chi connectivity index (χ3n) is 5.95. The zero-order chi connectivity index (χ0) is 25.0. The van der Waals surface area contributed by atoms with Crippen molar-refractivity contribution in [3.8, 4) is 11.1 Å². The number of benzene rings is 1. The number of carbonyl (C=O) groups excluding carboxylic acids is 1. The van der Waals surface area contributed by atoms with Gasteiger partial charge in [-0.1, -0.05) is 0 Å². The van der Waals surface area contributed by atoms with Crippen molar-refractivity contribution in [2.45, 2.75) is 43.6 Å². The summed E-state index contributed by atoms with van der Waals surface area (Å²) < 4.78 is 56.3. The minimum atomic E-state index is -2.79. The van der Waals surface area contributed by atoms with Gasteiger partial charge in [0.2, 0.25) is 5.92 Å². The topological polar surface area (TPSA) is 97.2 Å². The smallest absolute Gasteiger partial charge is 0.277 e. The number of carbonyl (C=O) groups is 1. The predicted octanol–water partition coefficient (Wildman–Crippen LogP) is 4.50. The molecule has 2 aromatic heterocycles. The lowest BCUT2D eigenvalue weighted by atomic mass is 9.80. The Kier molecular flexibility index (Phi) is 7.37. The Hall–Kier alpha value is -3.44. The van der Waals surface area contributed by atoms with E-state index in [9.17, 15) is 27.5 Å². The zero-order valence-corrected chi connectivity index (χ0v) is 18.4. The number of pyridine rings is 1. The molecule has 0 radical (unpaired) electrons. The standard InChI is InChI=1S/C24H22F4N4O3/c25-16-1-2-19(26)18(9-16)17-5-8-31-22(14-3-6-24(27,28)7-4-14)21(17)20(12-33)35-32-23(34)15-10-29-13-30-11-15/h1-2,5,8-11,13-14,20,33H,3-4,6-7,12H2,(H,32,34). The fourth-order valence-corrected chi connectivity index (χ4v) is 4.19. The predicted molar refractivity (Wildman–Crippen MR) is 116 cm³/mol. The maximum absolute atomic E-state index is 14.7. The second-order valence-corrected chi connectivity index (χ2v) is 8.26. The van der Waals surface area contributed by atoms with Crippen LogP contribution in [-0.4, -0.2) is 38.5 Å². The first-order valence-electron chi connectivity index (χ1n) is 10.9. The number of aliphatic hydroxyl groups excluding tert-OH is 1. The van der Waals surface area contributed by atoms with E-state index in [1.807, 2.05) is 0 Å². The Morgan fingerprint density at radius 1 is 1.14 bits per heavy atom. The minimum Gasteiger partial charge on any atom is -0.393 e. The Morgan fingerprint density at radius 2 is 1.86 bits per heavy atom. The fraction of sp³-hybridized carbons (Fsp3) is 0.333. The second kappa shape index (κ2) is 10.4. The average Bonchev–Trinajstić information content (AvgIpc) is 2.86. The number of hydroxylamine groups is 1. The summed E-state index contributed by atoms with van der Waals surface area (Å²) >= 11 is 0. The maximum atomic E-state index is 14.7. The van der Waals surface area contributed by atoms with Gasteiger partial charge in [-0.25, -0.2) is 33.0 Å². The van der Waals surface area contributed by atoms with Crippen LogP contribution in [0.25, 0.3) is 11.1 Å². The molecule has 1 fully saturated rings. The van der Waals surface area contributed by atoms with Crippen LogP contribution in [0.1, 0.15) is 59.3 Å². The number of alkyl halides is 2. The Labute approximate surface area is 198 Å². The lowest BCUT2D eigenvalue weighted by Crippen LogP contribution is -2.30. The molecule has 0 spiro atoms. The number of rotatable bonds is 7. The summed E-state index contributed by atoms with van der Waals surface area (Å²) in [5.74, 6) is -5.35. The van der Waals surface area contributed by atoms with E-state index in [-0.39, 0.29) is 47.9 Å². The third kappa shape index (κ3) is 5.63. The molecule has 1 aliphatic carbocycles. The SMILES string of the molecule is O=C(NOC(CO)c1c(-c2cc(F)ccc2F)ccnc1C1CCC(F)(F)CC1)c1cncnc1. The first kappa shape index (κ1) is 24.7. The van der Waals surface area contributed by atoms with E-state index in [0.29, 0.717) is 5.69 Å². The molecule has 1 unspecified atom stereocenters. The molecule has 0 saturated heterocycles. The molecule has 0 aliphatic heterocycles. The second-order valence-electron chi connectivity index (χ2n) is 8.26. The van der Waals surface area contributed by atoms with Crippen LogP contribution in [0.15, 0.2) is 49.2 Å². The molecular formula is C24H22F4N4O3. The summed E-state index contributed by atoms with van der Waals surface area (Å²) in [6.07, 6.45) is 3.37. The van der Waals surface area contributed by atoms with Crippen LogP contribution in [0, 0.1) is 11.6 Å². The number of nitrogens with one attached hydrogen (secondary N) is 1. The molecule has 1 aromatic carbocycles. The van der Waals surface area contributed by atoms with Crippen molar-refractivity contribution in [1.82, 2.24) is 20.4 Å². The number of halogens is 4. The molecule has 7 nitrogen and oxygen atoms in total. The molecule has 1 aliphatic rings. The van der Waals surface area contributed by atoms with E-state index >= 15 is 0 Å². The largest absolute Gasteiger partial charge is 0.393 e. The van der Waals surface area contributed by atoms with E-state index in [0.717, 1.165) is 18.2 Å². The molecule has 3 aromatic rings. The van der Waals surface area contributed by atoms with Gasteiger partial charge in [0.1, 0.15) is 24.1 Å². The van der Waals surface area contributed by atoms with Crippen LogP contribution in [0.4, 0.5) is 17.6 Å². The number of aliphatic hydroxyl groups is 1. The fourth-order valence-electron chi connectivity index (χ4n) is 4.19. The molecular weight excluding hydrogens is 468 g/mol. The molecule has 4 rings (SSSR count). The highest BCUT2D eigenvalue weighted by molar-refractivity contribution is 5.92. The van der Waals surface area contributed by atoms with Crippen LogP contribution in [0.3, 0.4) is 0 Å². The lowest BCUT2D eigenvalue weighted by molar-refractivity contribution is -0.0452. The minimum absolute atomic E-state index is 0.0847. The van der Waals surface area contributed by atoms with Crippen LogP contribution in [0.2, 0.25) is 0 Å². The highest BCUT2D eigenvalue weighted by Gasteiger charge is 2.38. The number of aromatic nitrogens is 3. The Bertz CT molecular complexity index is 1190. The van der Waals surface area contributed by atoms with Crippen LogP contribution in [-0.2, 0) is 4.84 Å². The van der Waals surface area contributed by atoms with Crippen molar-refractivity contribution < 1.29 is 32.3 Å². The van der Waals surface area contributed by atoms with E-state index in [4.69, 9.17) is 4.84 Å². The van der Waals surface area contributed by atoms with Crippen molar-refractivity contribution in [2.24, 2.45) is 0 Å². The summed E-state index contributed by atoms with van der Waals surface area (Å²) in [5.41, 5.74) is 2.84. The van der Waals surface area contributed by atoms with E-state index in [1.165, 1.54) is 31.0 Å². The average molecular weight is 490 g/mol. The lowest BCUT2D eigenvalue weighted by Gasteiger charge is -2.31. The van der Waals surface area contributed by atoms with Crippen molar-refractivity contribution in [3.63, 3.8) is 0 Å². The molecule has 1 saturated carbocycles. The van der Waals surface area contributed by atoms with Crippen molar-refractivity contribution in [2.75, 3.05) is 6.61 Å². The summed E-state index contributed by atoms with van der Waals surface area (Å²) in [6.45, 7) is -0.670. The summed E-state index contributed by atoms with van der Waals surface area (Å²) in [5, 5.41) is 10.1. The first-order valence-corrected chi connectivity index (χ1v) is 10.9. The molecule has 2 N–H and O–H groups in total. The summed E-state index contributed by atoms with van der Waals surface area (Å²) in [7, 11) is 0. The van der Waals surface area contributed by atoms with E-state index in [1.54, 1.807) is 0 Å². The third-order valence-corrected chi connectivity index (χ3v) is 5.95. The van der Waals surface area contributed by atoms with Gasteiger partial charge in [-0.2, -0.15) is 0 Å². The number of amides is 1. The molecule has 35 heavy (non-hydrogen) atoms. The zero-order valence-electron chi connectivity index (χ0n) is 18.4. The van der Waals surface area contributed by atoms with Crippen molar-refractivity contribution in [1.29, 1.82) is 0 Å². The van der Waals surface area contributed by atoms with E-state index in [2.05, 4.69) is 20.4 Å². The first-order chi connectivity index (χ1) is 16.8. The van der Waals surface area contributed by atoms with Gasteiger partial charge in [-0.3, -0.25) is 14.6 Å². The van der Waals surface area contributed by atoms with Gasteiger partial charge >= 0.3 is 0 Å². The van der Waals surface area contributed by atoms with Gasteiger partial charge < -0.3 is 5.11 Å².